The van der Waals surface area contributed by atoms with Crippen molar-refractivity contribution in [3.05, 3.63) is 30.3 Å². The lowest BCUT2D eigenvalue weighted by molar-refractivity contribution is -0.121. The molecule has 7 heteroatoms. The average molecular weight is 368 g/mol. The Kier molecular flexibility index (Phi) is 7.40. The van der Waals surface area contributed by atoms with E-state index in [2.05, 4.69) is 17.1 Å². The molecule has 1 aliphatic heterocycles. The molecule has 1 atom stereocenters. The fraction of sp³-hybridized carbons (Fsp3) is 0.611. The third kappa shape index (κ3) is 6.09. The standard InChI is InChI=1S/C18H29N3O3S/c1-16-8-6-12-21(14-16)13-7-11-19-18(22)15-20(2)25(23,24)17-9-4-3-5-10-17/h3-5,9-10,16H,6-8,11-15H2,1-2H3,(H,19,22)/t16-/m1/s1. The topological polar surface area (TPSA) is 69.7 Å². The summed E-state index contributed by atoms with van der Waals surface area (Å²) in [5, 5.41) is 2.82. The van der Waals surface area contributed by atoms with Crippen LogP contribution in [-0.4, -0.2) is 63.3 Å². The fourth-order valence-corrected chi connectivity index (χ4v) is 4.28. The summed E-state index contributed by atoms with van der Waals surface area (Å²) in [7, 11) is -2.20. The van der Waals surface area contributed by atoms with Crippen molar-refractivity contribution in [2.75, 3.05) is 39.8 Å². The van der Waals surface area contributed by atoms with E-state index in [1.807, 2.05) is 0 Å². The van der Waals surface area contributed by atoms with Crippen molar-refractivity contribution in [1.82, 2.24) is 14.5 Å². The van der Waals surface area contributed by atoms with Gasteiger partial charge in [0.25, 0.3) is 0 Å². The molecule has 2 rings (SSSR count). The van der Waals surface area contributed by atoms with E-state index in [4.69, 9.17) is 0 Å². The molecule has 0 bridgehead atoms. The Morgan fingerprint density at radius 3 is 2.72 bits per heavy atom. The number of likely N-dealkylation sites (tertiary alicyclic amines) is 1. The van der Waals surface area contributed by atoms with E-state index < -0.39 is 10.0 Å². The van der Waals surface area contributed by atoms with Gasteiger partial charge >= 0.3 is 0 Å². The van der Waals surface area contributed by atoms with Crippen LogP contribution in [0.2, 0.25) is 0 Å². The number of likely N-dealkylation sites (N-methyl/N-ethyl adjacent to an activating group) is 1. The molecule has 1 aliphatic rings. The molecule has 1 N–H and O–H groups in total. The van der Waals surface area contributed by atoms with Crippen LogP contribution < -0.4 is 5.32 Å². The highest BCUT2D eigenvalue weighted by molar-refractivity contribution is 7.89. The highest BCUT2D eigenvalue weighted by Gasteiger charge is 2.22. The molecule has 1 heterocycles. The largest absolute Gasteiger partial charge is 0.355 e. The Labute approximate surface area is 151 Å². The van der Waals surface area contributed by atoms with Gasteiger partial charge in [-0.25, -0.2) is 8.42 Å². The minimum Gasteiger partial charge on any atom is -0.355 e. The second-order valence-electron chi connectivity index (χ2n) is 6.83. The quantitative estimate of drug-likeness (QED) is 0.708. The van der Waals surface area contributed by atoms with Crippen molar-refractivity contribution in [2.45, 2.75) is 31.1 Å². The predicted molar refractivity (Wildman–Crippen MR) is 98.7 cm³/mol. The van der Waals surface area contributed by atoms with Gasteiger partial charge in [0.15, 0.2) is 0 Å². The molecule has 140 valence electrons. The number of sulfonamides is 1. The molecule has 6 nitrogen and oxygen atoms in total. The van der Waals surface area contributed by atoms with Crippen LogP contribution in [0.3, 0.4) is 0 Å². The number of benzene rings is 1. The SMILES string of the molecule is C[C@@H]1CCCN(CCCNC(=O)CN(C)S(=O)(=O)c2ccccc2)C1. The van der Waals surface area contributed by atoms with Crippen LogP contribution in [0.5, 0.6) is 0 Å². The van der Waals surface area contributed by atoms with Gasteiger partial charge in [-0.3, -0.25) is 4.79 Å². The summed E-state index contributed by atoms with van der Waals surface area (Å²) in [6.07, 6.45) is 3.43. The van der Waals surface area contributed by atoms with Crippen LogP contribution in [0.1, 0.15) is 26.2 Å². The smallest absolute Gasteiger partial charge is 0.243 e. The van der Waals surface area contributed by atoms with Crippen molar-refractivity contribution in [3.63, 3.8) is 0 Å². The Morgan fingerprint density at radius 1 is 1.32 bits per heavy atom. The second-order valence-corrected chi connectivity index (χ2v) is 8.87. The van der Waals surface area contributed by atoms with Crippen LogP contribution in [0.25, 0.3) is 0 Å². The van der Waals surface area contributed by atoms with Crippen molar-refractivity contribution < 1.29 is 13.2 Å². The van der Waals surface area contributed by atoms with Gasteiger partial charge in [0, 0.05) is 20.1 Å². The lowest BCUT2D eigenvalue weighted by Crippen LogP contribution is -2.40. The summed E-state index contributed by atoms with van der Waals surface area (Å²) in [5.74, 6) is 0.481. The van der Waals surface area contributed by atoms with Crippen LogP contribution in [0, 0.1) is 5.92 Å². The fourth-order valence-electron chi connectivity index (χ4n) is 3.14. The Hall–Kier alpha value is -1.44. The van der Waals surface area contributed by atoms with Gasteiger partial charge in [0.1, 0.15) is 0 Å². The summed E-state index contributed by atoms with van der Waals surface area (Å²) < 4.78 is 25.8. The predicted octanol–water partition coefficient (Wildman–Crippen LogP) is 1.55. The molecule has 1 fully saturated rings. The maximum absolute atomic E-state index is 12.4. The van der Waals surface area contributed by atoms with Crippen molar-refractivity contribution >= 4 is 15.9 Å². The van der Waals surface area contributed by atoms with Crippen LogP contribution >= 0.6 is 0 Å². The molecule has 0 aliphatic carbocycles. The molecule has 0 radical (unpaired) electrons. The Balaban J connectivity index is 1.71. The Bertz CT molecular complexity index is 649. The third-order valence-corrected chi connectivity index (χ3v) is 6.35. The number of nitrogens with zero attached hydrogens (tertiary/aromatic N) is 2. The van der Waals surface area contributed by atoms with Gasteiger partial charge in [-0.1, -0.05) is 25.1 Å². The zero-order valence-corrected chi connectivity index (χ0v) is 16.0. The number of carbonyl (C=O) groups is 1. The van der Waals surface area contributed by atoms with Crippen LogP contribution in [0.15, 0.2) is 35.2 Å². The van der Waals surface area contributed by atoms with Gasteiger partial charge in [0.2, 0.25) is 15.9 Å². The average Bonchev–Trinajstić information content (AvgIpc) is 2.59. The van der Waals surface area contributed by atoms with Gasteiger partial charge in [-0.2, -0.15) is 4.31 Å². The molecule has 0 aromatic heterocycles. The molecule has 0 unspecified atom stereocenters. The van der Waals surface area contributed by atoms with Crippen LogP contribution in [0.4, 0.5) is 0 Å². The number of rotatable bonds is 8. The maximum atomic E-state index is 12.4. The van der Waals surface area contributed by atoms with Gasteiger partial charge < -0.3 is 10.2 Å². The maximum Gasteiger partial charge on any atom is 0.243 e. The summed E-state index contributed by atoms with van der Waals surface area (Å²) in [4.78, 5) is 14.6. The van der Waals surface area contributed by atoms with Crippen LogP contribution in [-0.2, 0) is 14.8 Å². The Morgan fingerprint density at radius 2 is 2.04 bits per heavy atom. The third-order valence-electron chi connectivity index (χ3n) is 4.53. The molecule has 1 aromatic carbocycles. The van der Waals surface area contributed by atoms with Gasteiger partial charge in [-0.05, 0) is 50.4 Å². The van der Waals surface area contributed by atoms with E-state index in [0.29, 0.717) is 6.54 Å². The van der Waals surface area contributed by atoms with Crippen molar-refractivity contribution in [2.24, 2.45) is 5.92 Å². The summed E-state index contributed by atoms with van der Waals surface area (Å²) >= 11 is 0. The van der Waals surface area contributed by atoms with E-state index in [-0.39, 0.29) is 17.3 Å². The lowest BCUT2D eigenvalue weighted by Gasteiger charge is -2.30. The second kappa shape index (κ2) is 9.31. The van der Waals surface area contributed by atoms with Crippen molar-refractivity contribution in [1.29, 1.82) is 0 Å². The van der Waals surface area contributed by atoms with E-state index in [9.17, 15) is 13.2 Å². The van der Waals surface area contributed by atoms with E-state index in [1.165, 1.54) is 32.0 Å². The number of hydrogen-bond acceptors (Lipinski definition) is 4. The van der Waals surface area contributed by atoms with Crippen molar-refractivity contribution in [3.8, 4) is 0 Å². The minimum atomic E-state index is -3.62. The molecule has 0 saturated carbocycles. The summed E-state index contributed by atoms with van der Waals surface area (Å²) in [5.41, 5.74) is 0. The molecule has 25 heavy (non-hydrogen) atoms. The minimum absolute atomic E-state index is 0.169. The first-order valence-corrected chi connectivity index (χ1v) is 10.3. The van der Waals surface area contributed by atoms with E-state index in [0.717, 1.165) is 36.3 Å². The highest BCUT2D eigenvalue weighted by atomic mass is 32.2. The lowest BCUT2D eigenvalue weighted by atomic mass is 10.0. The van der Waals surface area contributed by atoms with Gasteiger partial charge in [-0.15, -0.1) is 0 Å². The first kappa shape index (κ1) is 19.9. The molecule has 0 spiro atoms. The summed E-state index contributed by atoms with van der Waals surface area (Å²) in [6, 6.07) is 8.16. The van der Waals surface area contributed by atoms with E-state index in [1.54, 1.807) is 18.2 Å². The number of piperidine rings is 1. The van der Waals surface area contributed by atoms with Gasteiger partial charge in [0.05, 0.1) is 11.4 Å². The number of carbonyl (C=O) groups excluding carboxylic acids is 1. The molecule has 1 saturated heterocycles. The zero-order valence-electron chi connectivity index (χ0n) is 15.1. The zero-order chi connectivity index (χ0) is 18.3. The monoisotopic (exact) mass is 367 g/mol. The van der Waals surface area contributed by atoms with E-state index >= 15 is 0 Å². The normalized spacial score (nSPS) is 19.1. The summed E-state index contributed by atoms with van der Waals surface area (Å²) in [6.45, 7) is 5.92. The first-order chi connectivity index (χ1) is 11.9. The molecular weight excluding hydrogens is 338 g/mol. The number of hydrogen-bond donors (Lipinski definition) is 1. The molecular formula is C18H29N3O3S. The number of amides is 1. The molecule has 1 amide bonds. The first-order valence-electron chi connectivity index (χ1n) is 8.90. The highest BCUT2D eigenvalue weighted by Crippen LogP contribution is 2.15. The molecule has 1 aromatic rings. The number of nitrogens with one attached hydrogen (secondary N) is 1.